The highest BCUT2D eigenvalue weighted by molar-refractivity contribution is 5.05. The Balaban J connectivity index is 2.40. The average Bonchev–Trinajstić information content (AvgIpc) is 2.73. The fraction of sp³-hybridized carbons (Fsp3) is 0.571. The smallest absolute Gasteiger partial charge is 0.291 e. The molecule has 3 nitrogen and oxygen atoms in total. The van der Waals surface area contributed by atoms with Gasteiger partial charge in [0.05, 0.1) is 6.04 Å². The summed E-state index contributed by atoms with van der Waals surface area (Å²) in [7, 11) is 0. The summed E-state index contributed by atoms with van der Waals surface area (Å²) < 4.78 is 37.3. The lowest BCUT2D eigenvalue weighted by Gasteiger charge is -2.02. The topological polar surface area (TPSA) is 37.8 Å². The lowest BCUT2D eigenvalue weighted by molar-refractivity contribution is -0.141. The van der Waals surface area contributed by atoms with Crippen molar-refractivity contribution in [3.05, 3.63) is 22.1 Å². The molecule has 0 unspecified atom stereocenters. The molecule has 0 atom stereocenters. The molecule has 1 saturated carbocycles. The van der Waals surface area contributed by atoms with Crippen molar-refractivity contribution >= 4 is 0 Å². The number of halogens is 3. The fourth-order valence-electron chi connectivity index (χ4n) is 1.16. The molecule has 1 fully saturated rings. The van der Waals surface area contributed by atoms with Gasteiger partial charge < -0.3 is 0 Å². The largest absolute Gasteiger partial charge is 0.432 e. The summed E-state index contributed by atoms with van der Waals surface area (Å²) in [5.74, 6) is 0. The van der Waals surface area contributed by atoms with Crippen LogP contribution < -0.4 is 5.56 Å². The molecule has 0 amide bonds. The third-order valence-corrected chi connectivity index (χ3v) is 1.96. The van der Waals surface area contributed by atoms with Crippen molar-refractivity contribution in [3.63, 3.8) is 0 Å². The normalized spacial score (nSPS) is 17.8. The fourth-order valence-corrected chi connectivity index (χ4v) is 1.16. The lowest BCUT2D eigenvalue weighted by Crippen LogP contribution is -2.14. The van der Waals surface area contributed by atoms with Crippen molar-refractivity contribution in [3.8, 4) is 0 Å². The minimum Gasteiger partial charge on any atom is -0.291 e. The highest BCUT2D eigenvalue weighted by Gasteiger charge is 2.35. The molecule has 1 aromatic heterocycles. The lowest BCUT2D eigenvalue weighted by atomic mass is 10.4. The van der Waals surface area contributed by atoms with E-state index >= 15 is 0 Å². The molecule has 0 aliphatic heterocycles. The molecule has 0 radical (unpaired) electrons. The van der Waals surface area contributed by atoms with Gasteiger partial charge in [-0.15, -0.1) is 0 Å². The van der Waals surface area contributed by atoms with E-state index in [1.165, 1.54) is 0 Å². The van der Waals surface area contributed by atoms with E-state index in [2.05, 4.69) is 5.10 Å². The van der Waals surface area contributed by atoms with E-state index in [1.54, 1.807) is 0 Å². The van der Waals surface area contributed by atoms with Gasteiger partial charge in [-0.05, 0) is 12.8 Å². The molecular weight excluding hydrogens is 185 g/mol. The van der Waals surface area contributed by atoms with Gasteiger partial charge in [0, 0.05) is 6.07 Å². The van der Waals surface area contributed by atoms with Gasteiger partial charge in [-0.3, -0.25) is 9.89 Å². The van der Waals surface area contributed by atoms with Crippen molar-refractivity contribution in [2.24, 2.45) is 0 Å². The second-order valence-electron chi connectivity index (χ2n) is 3.11. The zero-order valence-corrected chi connectivity index (χ0v) is 6.56. The number of nitrogens with zero attached hydrogens (tertiary/aromatic N) is 1. The molecule has 0 bridgehead atoms. The van der Waals surface area contributed by atoms with E-state index in [9.17, 15) is 18.0 Å². The first kappa shape index (κ1) is 8.40. The third-order valence-electron chi connectivity index (χ3n) is 1.96. The molecule has 1 N–H and O–H groups in total. The standard InChI is InChI=1S/C7H7F3N2O/c8-7(9,10)5-3-6(13)12(11-5)4-1-2-4/h3-4,11H,1-2H2. The Morgan fingerprint density at radius 1 is 1.46 bits per heavy atom. The van der Waals surface area contributed by atoms with Gasteiger partial charge in [0.2, 0.25) is 0 Å². The predicted octanol–water partition coefficient (Wildman–Crippen LogP) is 1.53. The van der Waals surface area contributed by atoms with Crippen molar-refractivity contribution in [1.82, 2.24) is 9.78 Å². The monoisotopic (exact) mass is 192 g/mol. The SMILES string of the molecule is O=c1cc(C(F)(F)F)[nH]n1C1CC1. The third kappa shape index (κ3) is 1.48. The van der Waals surface area contributed by atoms with Gasteiger partial charge >= 0.3 is 6.18 Å². The number of H-pyrrole nitrogens is 1. The highest BCUT2D eigenvalue weighted by atomic mass is 19.4. The van der Waals surface area contributed by atoms with Crippen LogP contribution in [0, 0.1) is 0 Å². The van der Waals surface area contributed by atoms with Crippen LogP contribution in [0.1, 0.15) is 24.6 Å². The Morgan fingerprint density at radius 3 is 2.46 bits per heavy atom. The number of aromatic amines is 1. The number of rotatable bonds is 1. The van der Waals surface area contributed by atoms with Gasteiger partial charge in [-0.1, -0.05) is 0 Å². The van der Waals surface area contributed by atoms with Crippen molar-refractivity contribution < 1.29 is 13.2 Å². The molecule has 72 valence electrons. The first-order valence-electron chi connectivity index (χ1n) is 3.87. The quantitative estimate of drug-likeness (QED) is 0.719. The van der Waals surface area contributed by atoms with E-state index < -0.39 is 17.4 Å². The molecule has 0 aromatic carbocycles. The van der Waals surface area contributed by atoms with Crippen molar-refractivity contribution in [2.45, 2.75) is 25.1 Å². The maximum Gasteiger partial charge on any atom is 0.432 e. The molecule has 13 heavy (non-hydrogen) atoms. The number of aromatic nitrogens is 2. The molecule has 1 aliphatic rings. The maximum atomic E-state index is 12.1. The Kier molecular flexibility index (Phi) is 1.55. The van der Waals surface area contributed by atoms with E-state index in [0.717, 1.165) is 17.5 Å². The van der Waals surface area contributed by atoms with Gasteiger partial charge in [0.15, 0.2) is 0 Å². The second kappa shape index (κ2) is 2.40. The first-order chi connectivity index (χ1) is 5.98. The van der Waals surface area contributed by atoms with Crippen molar-refractivity contribution in [2.75, 3.05) is 0 Å². The van der Waals surface area contributed by atoms with Gasteiger partial charge in [-0.2, -0.15) is 13.2 Å². The van der Waals surface area contributed by atoms with Crippen LogP contribution in [0.3, 0.4) is 0 Å². The maximum absolute atomic E-state index is 12.1. The molecule has 1 heterocycles. The number of nitrogens with one attached hydrogen (secondary N) is 1. The second-order valence-corrected chi connectivity index (χ2v) is 3.11. The Hall–Kier alpha value is -1.20. The van der Waals surface area contributed by atoms with Gasteiger partial charge in [0.1, 0.15) is 5.69 Å². The summed E-state index contributed by atoms with van der Waals surface area (Å²) in [5.41, 5.74) is -1.57. The van der Waals surface area contributed by atoms with Crippen LogP contribution in [0.5, 0.6) is 0 Å². The van der Waals surface area contributed by atoms with Gasteiger partial charge in [-0.25, -0.2) is 4.68 Å². The van der Waals surface area contributed by atoms with Crippen LogP contribution in [0.2, 0.25) is 0 Å². The number of hydrogen-bond donors (Lipinski definition) is 1. The summed E-state index contributed by atoms with van der Waals surface area (Å²) in [6, 6.07) is 0.543. The number of hydrogen-bond acceptors (Lipinski definition) is 1. The minimum atomic E-state index is -4.46. The van der Waals surface area contributed by atoms with Crippen LogP contribution in [-0.4, -0.2) is 9.78 Å². The molecule has 0 saturated heterocycles. The Bertz CT molecular complexity index is 372. The summed E-state index contributed by atoms with van der Waals surface area (Å²) in [6.07, 6.45) is -2.91. The Labute approximate surface area is 71.2 Å². The molecular formula is C7H7F3N2O. The van der Waals surface area contributed by atoms with Crippen molar-refractivity contribution in [1.29, 1.82) is 0 Å². The zero-order chi connectivity index (χ0) is 9.64. The molecule has 1 aliphatic carbocycles. The molecule has 6 heteroatoms. The number of alkyl halides is 3. The van der Waals surface area contributed by atoms with Crippen LogP contribution in [0.25, 0.3) is 0 Å². The zero-order valence-electron chi connectivity index (χ0n) is 6.56. The van der Waals surface area contributed by atoms with E-state index in [1.807, 2.05) is 0 Å². The molecule has 0 spiro atoms. The van der Waals surface area contributed by atoms with E-state index in [-0.39, 0.29) is 6.04 Å². The Morgan fingerprint density at radius 2 is 2.08 bits per heavy atom. The summed E-state index contributed by atoms with van der Waals surface area (Å²) in [6.45, 7) is 0. The molecule has 1 aromatic rings. The van der Waals surface area contributed by atoms with E-state index in [4.69, 9.17) is 0 Å². The highest BCUT2D eigenvalue weighted by Crippen LogP contribution is 2.34. The van der Waals surface area contributed by atoms with Crippen LogP contribution in [-0.2, 0) is 6.18 Å². The summed E-state index contributed by atoms with van der Waals surface area (Å²) in [4.78, 5) is 11.0. The van der Waals surface area contributed by atoms with Crippen LogP contribution >= 0.6 is 0 Å². The van der Waals surface area contributed by atoms with Crippen LogP contribution in [0.4, 0.5) is 13.2 Å². The summed E-state index contributed by atoms with van der Waals surface area (Å²) in [5, 5.41) is 2.06. The minimum absolute atomic E-state index is 0.0522. The first-order valence-corrected chi connectivity index (χ1v) is 3.87. The average molecular weight is 192 g/mol. The molecule has 2 rings (SSSR count). The van der Waals surface area contributed by atoms with Crippen LogP contribution in [0.15, 0.2) is 10.9 Å². The van der Waals surface area contributed by atoms with Gasteiger partial charge in [0.25, 0.3) is 5.56 Å². The van der Waals surface area contributed by atoms with E-state index in [0.29, 0.717) is 6.07 Å². The predicted molar refractivity (Wildman–Crippen MR) is 38.3 cm³/mol. The summed E-state index contributed by atoms with van der Waals surface area (Å²) >= 11 is 0.